The van der Waals surface area contributed by atoms with E-state index in [1.165, 1.54) is 11.8 Å². The van der Waals surface area contributed by atoms with Gasteiger partial charge in [-0.3, -0.25) is 9.59 Å². The summed E-state index contributed by atoms with van der Waals surface area (Å²) in [5.41, 5.74) is 3.66. The molecular formula is C34H32N4O7S. The van der Waals surface area contributed by atoms with Gasteiger partial charge in [-0.2, -0.15) is 0 Å². The molecule has 4 atom stereocenters. The fourth-order valence-corrected chi connectivity index (χ4v) is 6.07. The van der Waals surface area contributed by atoms with E-state index in [2.05, 4.69) is 15.3 Å². The van der Waals surface area contributed by atoms with Gasteiger partial charge in [-0.25, -0.2) is 19.7 Å². The van der Waals surface area contributed by atoms with Crippen LogP contribution in [0.1, 0.15) is 47.5 Å². The lowest BCUT2D eigenvalue weighted by Crippen LogP contribution is -2.42. The van der Waals surface area contributed by atoms with E-state index in [9.17, 15) is 19.5 Å². The number of hydrogen-bond acceptors (Lipinski definition) is 10. The predicted molar refractivity (Wildman–Crippen MR) is 168 cm³/mol. The molecule has 11 nitrogen and oxygen atoms in total. The van der Waals surface area contributed by atoms with E-state index < -0.39 is 30.2 Å². The van der Waals surface area contributed by atoms with Gasteiger partial charge in [-0.1, -0.05) is 78.5 Å². The number of aliphatic hydroxyl groups is 1. The Labute approximate surface area is 269 Å². The number of carbonyl (C=O) groups is 3. The van der Waals surface area contributed by atoms with E-state index in [1.54, 1.807) is 42.7 Å². The van der Waals surface area contributed by atoms with Crippen LogP contribution in [0, 0.1) is 0 Å². The molecule has 0 spiro atoms. The van der Waals surface area contributed by atoms with Crippen molar-refractivity contribution in [3.63, 3.8) is 0 Å². The highest BCUT2D eigenvalue weighted by atomic mass is 32.2. The van der Waals surface area contributed by atoms with Crippen LogP contribution in [0.25, 0.3) is 0 Å². The summed E-state index contributed by atoms with van der Waals surface area (Å²) in [5.74, 6) is -0.361. The van der Waals surface area contributed by atoms with Gasteiger partial charge in [-0.15, -0.1) is 0 Å². The topological polar surface area (TPSA) is 140 Å². The highest BCUT2D eigenvalue weighted by molar-refractivity contribution is 7.99. The number of anilines is 1. The molecule has 3 amide bonds. The van der Waals surface area contributed by atoms with Crippen LogP contribution in [-0.2, 0) is 37.0 Å². The Kier molecular flexibility index (Phi) is 9.99. The molecule has 1 aromatic heterocycles. The summed E-state index contributed by atoms with van der Waals surface area (Å²) in [4.78, 5) is 48.0. The van der Waals surface area contributed by atoms with Crippen molar-refractivity contribution in [1.29, 1.82) is 0 Å². The Bertz CT molecular complexity index is 1640. The number of nitrogens with zero attached hydrogens (tertiary/aromatic N) is 3. The summed E-state index contributed by atoms with van der Waals surface area (Å²) in [6, 6.07) is 24.4. The van der Waals surface area contributed by atoms with Crippen LogP contribution in [0.3, 0.4) is 0 Å². The van der Waals surface area contributed by atoms with Crippen LogP contribution in [0.4, 0.5) is 10.5 Å². The fraction of sp³-hybridized carbons (Fsp3) is 0.265. The van der Waals surface area contributed by atoms with Crippen LogP contribution in [0.2, 0.25) is 0 Å². The number of thioether (sulfide) groups is 1. The van der Waals surface area contributed by atoms with Crippen molar-refractivity contribution in [2.45, 2.75) is 55.8 Å². The zero-order valence-corrected chi connectivity index (χ0v) is 25.5. The zero-order chi connectivity index (χ0) is 31.9. The minimum absolute atomic E-state index is 0.0442. The second kappa shape index (κ2) is 14.6. The van der Waals surface area contributed by atoms with E-state index in [0.717, 1.165) is 21.6 Å². The number of amides is 3. The van der Waals surface area contributed by atoms with Crippen LogP contribution >= 0.6 is 11.8 Å². The Hall–Kier alpha value is -4.62. The summed E-state index contributed by atoms with van der Waals surface area (Å²) >= 11 is 1.50. The minimum atomic E-state index is -1.02. The SMILES string of the molecule is O=C(NC1CC(=O)N(c2ccc(C3OC(CSc4ncccn4)CC(c4ccc(CO)cc4)O3)cc2)C1=O)OCc1ccccc1. The number of aliphatic hydroxyl groups excluding tert-OH is 1. The maximum Gasteiger partial charge on any atom is 0.408 e. The van der Waals surface area contributed by atoms with Gasteiger partial charge >= 0.3 is 6.09 Å². The Morgan fingerprint density at radius 1 is 0.913 bits per heavy atom. The number of carbonyl (C=O) groups excluding carboxylic acids is 3. The maximum atomic E-state index is 13.1. The first-order chi connectivity index (χ1) is 22.5. The second-order valence-corrected chi connectivity index (χ2v) is 11.8. The molecule has 3 heterocycles. The number of nitrogens with one attached hydrogen (secondary N) is 1. The molecular weight excluding hydrogens is 608 g/mol. The van der Waals surface area contributed by atoms with Gasteiger partial charge in [0.25, 0.3) is 5.91 Å². The number of benzene rings is 3. The van der Waals surface area contributed by atoms with Crippen molar-refractivity contribution in [1.82, 2.24) is 15.3 Å². The lowest BCUT2D eigenvalue weighted by atomic mass is 10.0. The van der Waals surface area contributed by atoms with Crippen LogP contribution in [0.15, 0.2) is 102 Å². The van der Waals surface area contributed by atoms with Crippen molar-refractivity contribution in [3.05, 3.63) is 120 Å². The standard InChI is InChI=1S/C34H32N4O7S/c39-19-22-7-9-24(10-8-22)29-17-27(21-46-33-35-15-4-16-36-33)44-32(45-29)25-11-13-26(14-12-25)38-30(40)18-28(31(38)41)37-34(42)43-20-23-5-2-1-3-6-23/h1-16,27-29,32,39H,17-21H2,(H,37,42). The van der Waals surface area contributed by atoms with Gasteiger partial charge < -0.3 is 24.6 Å². The molecule has 2 aliphatic heterocycles. The first-order valence-electron chi connectivity index (χ1n) is 14.8. The second-order valence-electron chi connectivity index (χ2n) is 10.8. The molecule has 4 aromatic rings. The number of alkyl carbamates (subject to hydrolysis) is 1. The van der Waals surface area contributed by atoms with Crippen molar-refractivity contribution in [3.8, 4) is 0 Å². The Morgan fingerprint density at radius 2 is 1.63 bits per heavy atom. The van der Waals surface area contributed by atoms with Gasteiger partial charge in [0.2, 0.25) is 5.91 Å². The predicted octanol–water partition coefficient (Wildman–Crippen LogP) is 4.86. The summed E-state index contributed by atoms with van der Waals surface area (Å²) in [6.45, 7) is 0.00380. The monoisotopic (exact) mass is 640 g/mol. The first kappa shape index (κ1) is 31.4. The molecule has 236 valence electrons. The molecule has 0 bridgehead atoms. The van der Waals surface area contributed by atoms with Crippen molar-refractivity contribution >= 4 is 35.4 Å². The van der Waals surface area contributed by atoms with Crippen LogP contribution in [0.5, 0.6) is 0 Å². The van der Waals surface area contributed by atoms with Crippen molar-refractivity contribution in [2.24, 2.45) is 0 Å². The van der Waals surface area contributed by atoms with Gasteiger partial charge in [0.05, 0.1) is 30.9 Å². The van der Waals surface area contributed by atoms with Crippen LogP contribution in [-0.4, -0.2) is 50.9 Å². The summed E-state index contributed by atoms with van der Waals surface area (Å²) < 4.78 is 18.0. The van der Waals surface area contributed by atoms with Gasteiger partial charge in [0, 0.05) is 30.1 Å². The van der Waals surface area contributed by atoms with Gasteiger partial charge in [-0.05, 0) is 34.9 Å². The van der Waals surface area contributed by atoms with E-state index in [0.29, 0.717) is 28.6 Å². The molecule has 2 aliphatic rings. The van der Waals surface area contributed by atoms with E-state index in [4.69, 9.17) is 14.2 Å². The molecule has 6 rings (SSSR count). The summed E-state index contributed by atoms with van der Waals surface area (Å²) in [6.07, 6.45) is 1.87. The molecule has 0 aliphatic carbocycles. The van der Waals surface area contributed by atoms with Crippen LogP contribution < -0.4 is 10.2 Å². The number of ether oxygens (including phenoxy) is 3. The highest BCUT2D eigenvalue weighted by Gasteiger charge is 2.41. The molecule has 2 saturated heterocycles. The van der Waals surface area contributed by atoms with Crippen molar-refractivity contribution in [2.75, 3.05) is 10.7 Å². The van der Waals surface area contributed by atoms with Gasteiger partial charge in [0.15, 0.2) is 11.4 Å². The summed E-state index contributed by atoms with van der Waals surface area (Å²) in [5, 5.41) is 12.6. The smallest absolute Gasteiger partial charge is 0.408 e. The molecule has 2 N–H and O–H groups in total. The molecule has 0 saturated carbocycles. The minimum Gasteiger partial charge on any atom is -0.445 e. The largest absolute Gasteiger partial charge is 0.445 e. The molecule has 4 unspecified atom stereocenters. The third-order valence-corrected chi connectivity index (χ3v) is 8.64. The summed E-state index contributed by atoms with van der Waals surface area (Å²) in [7, 11) is 0. The quantitative estimate of drug-likeness (QED) is 0.140. The molecule has 0 radical (unpaired) electrons. The molecule has 2 fully saturated rings. The number of hydrogen-bond donors (Lipinski definition) is 2. The third-order valence-electron chi connectivity index (χ3n) is 7.63. The zero-order valence-electron chi connectivity index (χ0n) is 24.7. The maximum absolute atomic E-state index is 13.1. The van der Waals surface area contributed by atoms with E-state index >= 15 is 0 Å². The molecule has 46 heavy (non-hydrogen) atoms. The lowest BCUT2D eigenvalue weighted by molar-refractivity contribution is -0.245. The average Bonchev–Trinajstić information content (AvgIpc) is 3.38. The first-order valence-corrected chi connectivity index (χ1v) is 15.8. The number of rotatable bonds is 10. The lowest BCUT2D eigenvalue weighted by Gasteiger charge is -2.36. The fourth-order valence-electron chi connectivity index (χ4n) is 5.25. The van der Waals surface area contributed by atoms with Gasteiger partial charge in [0.1, 0.15) is 12.6 Å². The molecule has 12 heteroatoms. The normalized spacial score (nSPS) is 21.3. The van der Waals surface area contributed by atoms with Crippen molar-refractivity contribution < 1.29 is 33.7 Å². The highest BCUT2D eigenvalue weighted by Crippen LogP contribution is 2.39. The average molecular weight is 641 g/mol. The molecule has 3 aromatic carbocycles. The number of aromatic nitrogens is 2. The van der Waals surface area contributed by atoms with E-state index in [-0.39, 0.29) is 31.8 Å². The Balaban J connectivity index is 1.12. The Morgan fingerprint density at radius 3 is 2.35 bits per heavy atom. The number of imide groups is 1. The van der Waals surface area contributed by atoms with E-state index in [1.807, 2.05) is 54.6 Å². The third kappa shape index (κ3) is 7.60.